The van der Waals surface area contributed by atoms with E-state index in [9.17, 15) is 8.78 Å². The molecule has 7 heteroatoms. The van der Waals surface area contributed by atoms with Gasteiger partial charge in [-0.25, -0.2) is 8.78 Å². The smallest absolute Gasteiger partial charge is 0.170 e. The van der Waals surface area contributed by atoms with Crippen LogP contribution in [0.1, 0.15) is 5.82 Å². The van der Waals surface area contributed by atoms with Gasteiger partial charge >= 0.3 is 0 Å². The van der Waals surface area contributed by atoms with Crippen molar-refractivity contribution in [1.29, 1.82) is 0 Å². The first kappa shape index (κ1) is 9.66. The second kappa shape index (κ2) is 3.70. The summed E-state index contributed by atoms with van der Waals surface area (Å²) in [5.41, 5.74) is 5.01. The van der Waals surface area contributed by atoms with Gasteiger partial charge in [0.2, 0.25) is 0 Å². The van der Waals surface area contributed by atoms with Crippen molar-refractivity contribution in [1.82, 2.24) is 20.2 Å². The number of nitrogens with zero attached hydrogens (tertiary/aromatic N) is 4. The van der Waals surface area contributed by atoms with Crippen molar-refractivity contribution in [3.8, 4) is 5.69 Å². The zero-order chi connectivity index (χ0) is 10.8. The molecule has 0 fully saturated rings. The summed E-state index contributed by atoms with van der Waals surface area (Å²) in [7, 11) is 0. The standard InChI is InChI=1S/C8H7F2N5/c9-5-2-1-3-6(10)8(5)15-7(4-11)12-13-14-15/h1-3H,4,11H2. The lowest BCUT2D eigenvalue weighted by atomic mass is 10.3. The first-order valence-corrected chi connectivity index (χ1v) is 4.15. The molecule has 0 unspecified atom stereocenters. The highest BCUT2D eigenvalue weighted by molar-refractivity contribution is 5.34. The van der Waals surface area contributed by atoms with Crippen molar-refractivity contribution in [3.05, 3.63) is 35.7 Å². The van der Waals surface area contributed by atoms with Crippen LogP contribution in [0.2, 0.25) is 0 Å². The maximum atomic E-state index is 13.3. The fourth-order valence-corrected chi connectivity index (χ4v) is 1.20. The Hall–Kier alpha value is -1.89. The molecule has 0 aliphatic carbocycles. The van der Waals surface area contributed by atoms with Gasteiger partial charge in [0, 0.05) is 0 Å². The van der Waals surface area contributed by atoms with Crippen LogP contribution in [0.4, 0.5) is 8.78 Å². The summed E-state index contributed by atoms with van der Waals surface area (Å²) in [4.78, 5) is 0. The fraction of sp³-hybridized carbons (Fsp3) is 0.125. The SMILES string of the molecule is NCc1nnnn1-c1c(F)cccc1F. The lowest BCUT2D eigenvalue weighted by molar-refractivity contribution is 0.551. The predicted octanol–water partition coefficient (Wildman–Crippen LogP) is 0.399. The minimum Gasteiger partial charge on any atom is -0.324 e. The minimum absolute atomic E-state index is 0.000768. The molecular weight excluding hydrogens is 204 g/mol. The van der Waals surface area contributed by atoms with Gasteiger partial charge in [0.25, 0.3) is 0 Å². The first-order chi connectivity index (χ1) is 7.24. The van der Waals surface area contributed by atoms with E-state index in [1.807, 2.05) is 0 Å². The Labute approximate surface area is 83.5 Å². The van der Waals surface area contributed by atoms with Crippen LogP contribution in [0.15, 0.2) is 18.2 Å². The molecule has 2 aromatic rings. The number of hydrogen-bond donors (Lipinski definition) is 1. The Morgan fingerprint density at radius 1 is 1.27 bits per heavy atom. The highest BCUT2D eigenvalue weighted by Crippen LogP contribution is 2.16. The van der Waals surface area contributed by atoms with Crippen LogP contribution in [0.3, 0.4) is 0 Å². The van der Waals surface area contributed by atoms with Crippen molar-refractivity contribution in [2.24, 2.45) is 5.73 Å². The van der Waals surface area contributed by atoms with Gasteiger partial charge in [-0.05, 0) is 22.6 Å². The van der Waals surface area contributed by atoms with Gasteiger partial charge in [0.1, 0.15) is 5.69 Å². The largest absolute Gasteiger partial charge is 0.324 e. The van der Waals surface area contributed by atoms with Gasteiger partial charge in [-0.3, -0.25) is 0 Å². The van der Waals surface area contributed by atoms with Gasteiger partial charge in [0.15, 0.2) is 17.5 Å². The number of aromatic nitrogens is 4. The number of halogens is 2. The van der Waals surface area contributed by atoms with Gasteiger partial charge in [-0.2, -0.15) is 4.68 Å². The number of para-hydroxylation sites is 1. The van der Waals surface area contributed by atoms with E-state index in [0.29, 0.717) is 0 Å². The van der Waals surface area contributed by atoms with E-state index in [1.54, 1.807) is 0 Å². The van der Waals surface area contributed by atoms with Gasteiger partial charge in [-0.15, -0.1) is 5.10 Å². The van der Waals surface area contributed by atoms with Crippen LogP contribution < -0.4 is 5.73 Å². The maximum absolute atomic E-state index is 13.3. The van der Waals surface area contributed by atoms with Gasteiger partial charge in [0.05, 0.1) is 6.54 Å². The zero-order valence-corrected chi connectivity index (χ0v) is 7.56. The Morgan fingerprint density at radius 3 is 2.53 bits per heavy atom. The summed E-state index contributed by atoms with van der Waals surface area (Å²) in [6.45, 7) is 0.000768. The third-order valence-corrected chi connectivity index (χ3v) is 1.87. The second-order valence-electron chi connectivity index (χ2n) is 2.78. The molecule has 1 aromatic carbocycles. The molecule has 0 atom stereocenters. The van der Waals surface area contributed by atoms with Crippen LogP contribution >= 0.6 is 0 Å². The van der Waals surface area contributed by atoms with E-state index in [2.05, 4.69) is 15.5 Å². The summed E-state index contributed by atoms with van der Waals surface area (Å²) in [6.07, 6.45) is 0. The molecule has 0 saturated heterocycles. The summed E-state index contributed by atoms with van der Waals surface area (Å²) < 4.78 is 27.6. The third-order valence-electron chi connectivity index (χ3n) is 1.87. The van der Waals surface area contributed by atoms with E-state index >= 15 is 0 Å². The first-order valence-electron chi connectivity index (χ1n) is 4.15. The normalized spacial score (nSPS) is 10.6. The molecule has 0 spiro atoms. The number of nitrogens with two attached hydrogens (primary N) is 1. The third kappa shape index (κ3) is 1.57. The number of benzene rings is 1. The molecule has 15 heavy (non-hydrogen) atoms. The molecule has 1 aromatic heterocycles. The molecule has 0 saturated carbocycles. The summed E-state index contributed by atoms with van der Waals surface area (Å²) >= 11 is 0. The number of hydrogen-bond acceptors (Lipinski definition) is 4. The van der Waals surface area contributed by atoms with Crippen LogP contribution in [-0.4, -0.2) is 20.2 Å². The Bertz CT molecular complexity index is 461. The highest BCUT2D eigenvalue weighted by atomic mass is 19.1. The molecule has 2 rings (SSSR count). The Balaban J connectivity index is 2.63. The van der Waals surface area contributed by atoms with E-state index in [0.717, 1.165) is 16.8 Å². The molecule has 0 bridgehead atoms. The predicted molar refractivity (Wildman–Crippen MR) is 47.0 cm³/mol. The van der Waals surface area contributed by atoms with Crippen molar-refractivity contribution in [2.75, 3.05) is 0 Å². The molecule has 1 heterocycles. The molecule has 2 N–H and O–H groups in total. The zero-order valence-electron chi connectivity index (χ0n) is 7.56. The fourth-order valence-electron chi connectivity index (χ4n) is 1.20. The lowest BCUT2D eigenvalue weighted by Gasteiger charge is -2.04. The number of tetrazole rings is 1. The summed E-state index contributed by atoms with van der Waals surface area (Å²) in [6, 6.07) is 3.52. The average Bonchev–Trinajstić information content (AvgIpc) is 2.65. The van der Waals surface area contributed by atoms with Crippen LogP contribution in [0, 0.1) is 11.6 Å². The van der Waals surface area contributed by atoms with Gasteiger partial charge < -0.3 is 5.73 Å². The molecule has 0 radical (unpaired) electrons. The van der Waals surface area contributed by atoms with Crippen LogP contribution in [-0.2, 0) is 6.54 Å². The monoisotopic (exact) mass is 211 g/mol. The number of rotatable bonds is 2. The Kier molecular flexibility index (Phi) is 2.38. The average molecular weight is 211 g/mol. The van der Waals surface area contributed by atoms with E-state index in [-0.39, 0.29) is 18.1 Å². The van der Waals surface area contributed by atoms with Crippen molar-refractivity contribution in [2.45, 2.75) is 6.54 Å². The van der Waals surface area contributed by atoms with Crippen molar-refractivity contribution >= 4 is 0 Å². The molecule has 0 aliphatic heterocycles. The lowest BCUT2D eigenvalue weighted by Crippen LogP contribution is -2.11. The second-order valence-corrected chi connectivity index (χ2v) is 2.78. The quantitative estimate of drug-likeness (QED) is 0.780. The van der Waals surface area contributed by atoms with Crippen molar-refractivity contribution in [3.63, 3.8) is 0 Å². The highest BCUT2D eigenvalue weighted by Gasteiger charge is 2.15. The molecule has 0 amide bonds. The Morgan fingerprint density at radius 2 is 1.93 bits per heavy atom. The van der Waals surface area contributed by atoms with Crippen molar-refractivity contribution < 1.29 is 8.78 Å². The van der Waals surface area contributed by atoms with Crippen LogP contribution in [0.5, 0.6) is 0 Å². The molecule has 78 valence electrons. The maximum Gasteiger partial charge on any atom is 0.170 e. The van der Waals surface area contributed by atoms with Gasteiger partial charge in [-0.1, -0.05) is 6.07 Å². The minimum atomic E-state index is -0.739. The van der Waals surface area contributed by atoms with E-state index in [1.165, 1.54) is 6.07 Å². The molecular formula is C8H7F2N5. The molecule has 0 aliphatic rings. The summed E-state index contributed by atoms with van der Waals surface area (Å²) in [5.74, 6) is -1.28. The van der Waals surface area contributed by atoms with E-state index < -0.39 is 11.6 Å². The van der Waals surface area contributed by atoms with E-state index in [4.69, 9.17) is 5.73 Å². The molecule has 5 nitrogen and oxygen atoms in total. The summed E-state index contributed by atoms with van der Waals surface area (Å²) in [5, 5.41) is 10.3. The topological polar surface area (TPSA) is 69.6 Å². The van der Waals surface area contributed by atoms with Crippen LogP contribution in [0.25, 0.3) is 5.69 Å².